The highest BCUT2D eigenvalue weighted by molar-refractivity contribution is 6.04. The number of rotatable bonds is 11. The number of benzene rings is 1. The minimum absolute atomic E-state index is 0.0994. The maximum absolute atomic E-state index is 12.1. The Morgan fingerprint density at radius 3 is 2.42 bits per heavy atom. The predicted octanol–water partition coefficient (Wildman–Crippen LogP) is 2.65. The van der Waals surface area contributed by atoms with Crippen LogP contribution in [-0.4, -0.2) is 37.0 Å². The standard InChI is InChI=1S/C19H28N2O5/c1-4-9-14(12-19(24)26-6-3)20-17(22)13-18(23)21-15-10-7-8-11-16(15)25-5-2/h7-8,10-11,14H,4-6,9,12-13H2,1-3H3,(H,20,22)(H,21,23)/t14-/m0/s1. The minimum Gasteiger partial charge on any atom is -0.492 e. The van der Waals surface area contributed by atoms with Gasteiger partial charge in [0.25, 0.3) is 0 Å². The number of hydrogen-bond donors (Lipinski definition) is 2. The topological polar surface area (TPSA) is 93.7 Å². The van der Waals surface area contributed by atoms with Crippen molar-refractivity contribution in [3.8, 4) is 5.75 Å². The van der Waals surface area contributed by atoms with E-state index < -0.39 is 11.8 Å². The van der Waals surface area contributed by atoms with E-state index in [4.69, 9.17) is 9.47 Å². The Balaban J connectivity index is 2.57. The van der Waals surface area contributed by atoms with Crippen molar-refractivity contribution in [3.63, 3.8) is 0 Å². The summed E-state index contributed by atoms with van der Waals surface area (Å²) in [4.78, 5) is 35.9. The molecule has 7 nitrogen and oxygen atoms in total. The number of anilines is 1. The zero-order valence-electron chi connectivity index (χ0n) is 15.7. The van der Waals surface area contributed by atoms with Crippen molar-refractivity contribution in [1.29, 1.82) is 0 Å². The van der Waals surface area contributed by atoms with E-state index in [1.54, 1.807) is 31.2 Å². The Labute approximate surface area is 154 Å². The Bertz CT molecular complexity index is 603. The van der Waals surface area contributed by atoms with Gasteiger partial charge in [-0.25, -0.2) is 0 Å². The lowest BCUT2D eigenvalue weighted by Crippen LogP contribution is -2.38. The summed E-state index contributed by atoms with van der Waals surface area (Å²) in [6, 6.07) is 6.69. The Morgan fingerprint density at radius 1 is 1.04 bits per heavy atom. The molecule has 0 bridgehead atoms. The Kier molecular flexibility index (Phi) is 9.82. The van der Waals surface area contributed by atoms with Gasteiger partial charge in [0.2, 0.25) is 11.8 Å². The molecule has 0 radical (unpaired) electrons. The van der Waals surface area contributed by atoms with E-state index in [0.29, 0.717) is 31.1 Å². The van der Waals surface area contributed by atoms with Crippen LogP contribution in [0.4, 0.5) is 5.69 Å². The van der Waals surface area contributed by atoms with Crippen molar-refractivity contribution in [2.75, 3.05) is 18.5 Å². The third-order valence-electron chi connectivity index (χ3n) is 3.50. The van der Waals surface area contributed by atoms with Gasteiger partial charge in [0.1, 0.15) is 12.2 Å². The van der Waals surface area contributed by atoms with Gasteiger partial charge in [0, 0.05) is 6.04 Å². The molecule has 1 rings (SSSR count). The lowest BCUT2D eigenvalue weighted by atomic mass is 10.1. The van der Waals surface area contributed by atoms with Crippen LogP contribution in [-0.2, 0) is 19.1 Å². The predicted molar refractivity (Wildman–Crippen MR) is 98.9 cm³/mol. The number of para-hydroxylation sites is 2. The highest BCUT2D eigenvalue weighted by atomic mass is 16.5. The van der Waals surface area contributed by atoms with E-state index in [2.05, 4.69) is 10.6 Å². The summed E-state index contributed by atoms with van der Waals surface area (Å²) < 4.78 is 10.4. The summed E-state index contributed by atoms with van der Waals surface area (Å²) in [5.41, 5.74) is 0.517. The summed E-state index contributed by atoms with van der Waals surface area (Å²) in [5, 5.41) is 5.41. The van der Waals surface area contributed by atoms with Crippen LogP contribution in [0.3, 0.4) is 0 Å². The monoisotopic (exact) mass is 364 g/mol. The molecule has 0 aliphatic heterocycles. The van der Waals surface area contributed by atoms with Crippen molar-refractivity contribution in [2.45, 2.75) is 52.5 Å². The lowest BCUT2D eigenvalue weighted by molar-refractivity contribution is -0.143. The first kappa shape index (κ1) is 21.5. The molecule has 1 atom stereocenters. The highest BCUT2D eigenvalue weighted by Gasteiger charge is 2.18. The first-order valence-corrected chi connectivity index (χ1v) is 8.96. The Hall–Kier alpha value is -2.57. The van der Waals surface area contributed by atoms with Gasteiger partial charge in [0.05, 0.1) is 25.3 Å². The zero-order chi connectivity index (χ0) is 19.4. The number of hydrogen-bond acceptors (Lipinski definition) is 5. The van der Waals surface area contributed by atoms with Gasteiger partial charge in [-0.1, -0.05) is 25.5 Å². The van der Waals surface area contributed by atoms with E-state index in [1.807, 2.05) is 13.8 Å². The number of amides is 2. The van der Waals surface area contributed by atoms with Gasteiger partial charge >= 0.3 is 5.97 Å². The summed E-state index contributed by atoms with van der Waals surface area (Å²) in [6.45, 7) is 6.31. The average Bonchev–Trinajstić information content (AvgIpc) is 2.57. The fourth-order valence-corrected chi connectivity index (χ4v) is 2.47. The van der Waals surface area contributed by atoms with E-state index in [1.165, 1.54) is 0 Å². The van der Waals surface area contributed by atoms with Crippen LogP contribution in [0.5, 0.6) is 5.75 Å². The minimum atomic E-state index is -0.443. The van der Waals surface area contributed by atoms with Gasteiger partial charge in [-0.15, -0.1) is 0 Å². The maximum Gasteiger partial charge on any atom is 0.307 e. The molecular formula is C19H28N2O5. The van der Waals surface area contributed by atoms with Crippen molar-refractivity contribution in [1.82, 2.24) is 5.32 Å². The molecule has 7 heteroatoms. The molecule has 2 amide bonds. The molecule has 0 aliphatic rings. The van der Waals surface area contributed by atoms with Gasteiger partial charge in [-0.2, -0.15) is 0 Å². The van der Waals surface area contributed by atoms with Crippen LogP contribution in [0.2, 0.25) is 0 Å². The molecule has 0 aliphatic carbocycles. The van der Waals surface area contributed by atoms with Crippen LogP contribution in [0, 0.1) is 0 Å². The molecule has 0 saturated carbocycles. The second-order valence-corrected chi connectivity index (χ2v) is 5.72. The number of esters is 1. The van der Waals surface area contributed by atoms with Crippen molar-refractivity contribution in [2.24, 2.45) is 0 Å². The SMILES string of the molecule is CCC[C@@H](CC(=O)OCC)NC(=O)CC(=O)Nc1ccccc1OCC. The fraction of sp³-hybridized carbons (Fsp3) is 0.526. The summed E-state index contributed by atoms with van der Waals surface area (Å²) >= 11 is 0. The molecular weight excluding hydrogens is 336 g/mol. The molecule has 0 aromatic heterocycles. The van der Waals surface area contributed by atoms with Gasteiger partial charge in [-0.3, -0.25) is 14.4 Å². The first-order valence-electron chi connectivity index (χ1n) is 8.96. The molecule has 0 heterocycles. The Morgan fingerprint density at radius 2 is 1.77 bits per heavy atom. The van der Waals surface area contributed by atoms with Crippen LogP contribution < -0.4 is 15.4 Å². The van der Waals surface area contributed by atoms with E-state index in [0.717, 1.165) is 6.42 Å². The largest absolute Gasteiger partial charge is 0.492 e. The van der Waals surface area contributed by atoms with Gasteiger partial charge in [0.15, 0.2) is 0 Å². The number of carbonyl (C=O) groups excluding carboxylic acids is 3. The third kappa shape index (κ3) is 8.00. The molecule has 144 valence electrons. The van der Waals surface area contributed by atoms with Crippen LogP contribution in [0.15, 0.2) is 24.3 Å². The molecule has 2 N–H and O–H groups in total. The number of carbonyl (C=O) groups is 3. The quantitative estimate of drug-likeness (QED) is 0.465. The molecule has 0 saturated heterocycles. The van der Waals surface area contributed by atoms with Crippen molar-refractivity contribution >= 4 is 23.5 Å². The number of nitrogens with one attached hydrogen (secondary N) is 2. The van der Waals surface area contributed by atoms with Crippen LogP contribution in [0.1, 0.15) is 46.5 Å². The van der Waals surface area contributed by atoms with E-state index in [-0.39, 0.29) is 24.9 Å². The van der Waals surface area contributed by atoms with Crippen molar-refractivity contribution < 1.29 is 23.9 Å². The van der Waals surface area contributed by atoms with E-state index >= 15 is 0 Å². The molecule has 0 spiro atoms. The molecule has 26 heavy (non-hydrogen) atoms. The second-order valence-electron chi connectivity index (χ2n) is 5.72. The lowest BCUT2D eigenvalue weighted by Gasteiger charge is -2.17. The van der Waals surface area contributed by atoms with Crippen molar-refractivity contribution in [3.05, 3.63) is 24.3 Å². The van der Waals surface area contributed by atoms with E-state index in [9.17, 15) is 14.4 Å². The molecule has 0 fully saturated rings. The normalized spacial score (nSPS) is 11.3. The van der Waals surface area contributed by atoms with Crippen LogP contribution in [0.25, 0.3) is 0 Å². The summed E-state index contributed by atoms with van der Waals surface area (Å²) in [6.07, 6.45) is 1.21. The zero-order valence-corrected chi connectivity index (χ0v) is 15.7. The summed E-state index contributed by atoms with van der Waals surface area (Å²) in [5.74, 6) is -0.684. The molecule has 0 unspecified atom stereocenters. The molecule has 1 aromatic carbocycles. The third-order valence-corrected chi connectivity index (χ3v) is 3.50. The maximum atomic E-state index is 12.1. The smallest absolute Gasteiger partial charge is 0.307 e. The fourth-order valence-electron chi connectivity index (χ4n) is 2.47. The van der Waals surface area contributed by atoms with Gasteiger partial charge < -0.3 is 20.1 Å². The summed E-state index contributed by atoms with van der Waals surface area (Å²) in [7, 11) is 0. The highest BCUT2D eigenvalue weighted by Crippen LogP contribution is 2.23. The number of ether oxygens (including phenoxy) is 2. The van der Waals surface area contributed by atoms with Gasteiger partial charge in [-0.05, 0) is 32.4 Å². The molecule has 1 aromatic rings. The first-order chi connectivity index (χ1) is 12.5. The average molecular weight is 364 g/mol. The second kappa shape index (κ2) is 11.9. The van der Waals surface area contributed by atoms with Crippen LogP contribution >= 0.6 is 0 Å².